The molecule has 1 aromatic rings. The maximum Gasteiger partial charge on any atom is 0.0829 e. The molecule has 0 bridgehead atoms. The van der Waals surface area contributed by atoms with Gasteiger partial charge in [0, 0.05) is 10.2 Å². The lowest BCUT2D eigenvalue weighted by Crippen LogP contribution is -2.01. The highest BCUT2D eigenvalue weighted by atomic mass is 79.9. The van der Waals surface area contributed by atoms with Gasteiger partial charge in [0.1, 0.15) is 0 Å². The molecular formula is C10H12BrNO. The maximum atomic E-state index is 9.86. The minimum Gasteiger partial charge on any atom is -0.399 e. The Morgan fingerprint density at radius 3 is 2.69 bits per heavy atom. The van der Waals surface area contributed by atoms with Gasteiger partial charge in [-0.25, -0.2) is 0 Å². The zero-order chi connectivity index (χ0) is 9.42. The first-order chi connectivity index (χ1) is 6.18. The highest BCUT2D eigenvalue weighted by molar-refractivity contribution is 9.10. The molecule has 1 aliphatic carbocycles. The van der Waals surface area contributed by atoms with Crippen LogP contribution < -0.4 is 5.73 Å². The topological polar surface area (TPSA) is 46.2 Å². The Kier molecular flexibility index (Phi) is 2.30. The SMILES string of the molecule is Nc1ccc(C(O)C2CC2)c(Br)c1. The lowest BCUT2D eigenvalue weighted by Gasteiger charge is -2.11. The predicted molar refractivity (Wildman–Crippen MR) is 56.2 cm³/mol. The molecule has 1 fully saturated rings. The molecule has 1 saturated carbocycles. The average Bonchev–Trinajstić information content (AvgIpc) is 2.85. The number of halogens is 1. The van der Waals surface area contributed by atoms with Crippen LogP contribution in [0.4, 0.5) is 5.69 Å². The Morgan fingerprint density at radius 1 is 1.46 bits per heavy atom. The van der Waals surface area contributed by atoms with Crippen molar-refractivity contribution in [1.82, 2.24) is 0 Å². The number of aliphatic hydroxyl groups excluding tert-OH is 1. The first-order valence-electron chi connectivity index (χ1n) is 4.41. The van der Waals surface area contributed by atoms with E-state index in [1.54, 1.807) is 0 Å². The number of anilines is 1. The van der Waals surface area contributed by atoms with Crippen molar-refractivity contribution in [2.24, 2.45) is 5.92 Å². The Labute approximate surface area is 85.9 Å². The Bertz CT molecular complexity index is 323. The summed E-state index contributed by atoms with van der Waals surface area (Å²) in [6.45, 7) is 0. The van der Waals surface area contributed by atoms with Crippen LogP contribution in [0.1, 0.15) is 24.5 Å². The van der Waals surface area contributed by atoms with Crippen LogP contribution in [0, 0.1) is 5.92 Å². The first-order valence-corrected chi connectivity index (χ1v) is 5.21. The second kappa shape index (κ2) is 3.31. The summed E-state index contributed by atoms with van der Waals surface area (Å²) >= 11 is 3.40. The first kappa shape index (κ1) is 9.03. The van der Waals surface area contributed by atoms with Crippen LogP contribution in [0.3, 0.4) is 0 Å². The molecule has 0 saturated heterocycles. The van der Waals surface area contributed by atoms with E-state index in [1.165, 1.54) is 0 Å². The average molecular weight is 242 g/mol. The van der Waals surface area contributed by atoms with Crippen molar-refractivity contribution in [2.75, 3.05) is 5.73 Å². The third-order valence-corrected chi connectivity index (χ3v) is 3.10. The molecule has 1 unspecified atom stereocenters. The number of benzene rings is 1. The molecule has 0 aromatic heterocycles. The van der Waals surface area contributed by atoms with E-state index < -0.39 is 0 Å². The summed E-state index contributed by atoms with van der Waals surface area (Å²) in [6.07, 6.45) is 1.95. The molecule has 3 N–H and O–H groups in total. The highest BCUT2D eigenvalue weighted by Crippen LogP contribution is 2.42. The highest BCUT2D eigenvalue weighted by Gasteiger charge is 2.31. The number of rotatable bonds is 2. The molecular weight excluding hydrogens is 230 g/mol. The molecule has 0 amide bonds. The third kappa shape index (κ3) is 1.86. The molecule has 0 spiro atoms. The molecule has 3 heteroatoms. The molecule has 2 rings (SSSR count). The number of hydrogen-bond donors (Lipinski definition) is 2. The van der Waals surface area contributed by atoms with Crippen molar-refractivity contribution in [3.8, 4) is 0 Å². The van der Waals surface area contributed by atoms with Crippen molar-refractivity contribution in [1.29, 1.82) is 0 Å². The normalized spacial score (nSPS) is 18.6. The Hall–Kier alpha value is -0.540. The van der Waals surface area contributed by atoms with Gasteiger partial charge < -0.3 is 10.8 Å². The van der Waals surface area contributed by atoms with Crippen molar-refractivity contribution in [3.05, 3.63) is 28.2 Å². The lowest BCUT2D eigenvalue weighted by molar-refractivity contribution is 0.153. The van der Waals surface area contributed by atoms with E-state index in [4.69, 9.17) is 5.73 Å². The smallest absolute Gasteiger partial charge is 0.0829 e. The van der Waals surface area contributed by atoms with Gasteiger partial charge in [0.05, 0.1) is 6.10 Å². The van der Waals surface area contributed by atoms with Crippen molar-refractivity contribution < 1.29 is 5.11 Å². The zero-order valence-corrected chi connectivity index (χ0v) is 8.79. The Balaban J connectivity index is 2.28. The molecule has 0 radical (unpaired) electrons. The number of nitrogen functional groups attached to an aromatic ring is 1. The van der Waals surface area contributed by atoms with Gasteiger partial charge in [0.25, 0.3) is 0 Å². The fourth-order valence-electron chi connectivity index (χ4n) is 1.45. The minimum absolute atomic E-state index is 0.324. The van der Waals surface area contributed by atoms with Gasteiger partial charge in [-0.15, -0.1) is 0 Å². The quantitative estimate of drug-likeness (QED) is 0.782. The van der Waals surface area contributed by atoms with Gasteiger partial charge in [-0.05, 0) is 36.5 Å². The van der Waals surface area contributed by atoms with Crippen LogP contribution in [0.5, 0.6) is 0 Å². The van der Waals surface area contributed by atoms with E-state index >= 15 is 0 Å². The number of aliphatic hydroxyl groups is 1. The molecule has 1 aromatic carbocycles. The van der Waals surface area contributed by atoms with Crippen LogP contribution >= 0.6 is 15.9 Å². The summed E-state index contributed by atoms with van der Waals surface area (Å²) < 4.78 is 0.909. The van der Waals surface area contributed by atoms with Crippen LogP contribution in [0.2, 0.25) is 0 Å². The third-order valence-electron chi connectivity index (χ3n) is 2.41. The van der Waals surface area contributed by atoms with Gasteiger partial charge in [-0.1, -0.05) is 22.0 Å². The second-order valence-electron chi connectivity index (χ2n) is 3.56. The number of hydrogen-bond acceptors (Lipinski definition) is 2. The van der Waals surface area contributed by atoms with Crippen LogP contribution in [-0.2, 0) is 0 Å². The van der Waals surface area contributed by atoms with Crippen LogP contribution in [0.15, 0.2) is 22.7 Å². The second-order valence-corrected chi connectivity index (χ2v) is 4.42. The maximum absolute atomic E-state index is 9.86. The van der Waals surface area contributed by atoms with E-state index in [0.717, 1.165) is 28.6 Å². The summed E-state index contributed by atoms with van der Waals surface area (Å²) in [5.41, 5.74) is 7.28. The fraction of sp³-hybridized carbons (Fsp3) is 0.400. The van der Waals surface area contributed by atoms with Gasteiger partial charge in [0.2, 0.25) is 0 Å². The lowest BCUT2D eigenvalue weighted by atomic mass is 10.1. The standard InChI is InChI=1S/C10H12BrNO/c11-9-5-7(12)3-4-8(9)10(13)6-1-2-6/h3-6,10,13H,1-2,12H2. The van der Waals surface area contributed by atoms with Gasteiger partial charge >= 0.3 is 0 Å². The molecule has 13 heavy (non-hydrogen) atoms. The van der Waals surface area contributed by atoms with E-state index in [1.807, 2.05) is 18.2 Å². The summed E-state index contributed by atoms with van der Waals surface area (Å²) in [7, 11) is 0. The van der Waals surface area contributed by atoms with Crippen molar-refractivity contribution >= 4 is 21.6 Å². The van der Waals surface area contributed by atoms with Crippen LogP contribution in [-0.4, -0.2) is 5.11 Å². The summed E-state index contributed by atoms with van der Waals surface area (Å²) in [4.78, 5) is 0. The van der Waals surface area contributed by atoms with Gasteiger partial charge in [-0.2, -0.15) is 0 Å². The monoisotopic (exact) mass is 241 g/mol. The molecule has 70 valence electrons. The molecule has 1 aliphatic rings. The van der Waals surface area contributed by atoms with Crippen molar-refractivity contribution in [3.63, 3.8) is 0 Å². The largest absolute Gasteiger partial charge is 0.399 e. The van der Waals surface area contributed by atoms with Crippen molar-refractivity contribution in [2.45, 2.75) is 18.9 Å². The predicted octanol–water partition coefficient (Wildman–Crippen LogP) is 2.47. The molecule has 1 atom stereocenters. The fourth-order valence-corrected chi connectivity index (χ4v) is 2.08. The molecule has 0 aliphatic heterocycles. The van der Waals surface area contributed by atoms with E-state index in [0.29, 0.717) is 5.92 Å². The van der Waals surface area contributed by atoms with Crippen LogP contribution in [0.25, 0.3) is 0 Å². The zero-order valence-electron chi connectivity index (χ0n) is 7.20. The summed E-state index contributed by atoms with van der Waals surface area (Å²) in [6, 6.07) is 5.55. The minimum atomic E-state index is -0.324. The van der Waals surface area contributed by atoms with Gasteiger partial charge in [0.15, 0.2) is 0 Å². The molecule has 2 nitrogen and oxygen atoms in total. The summed E-state index contributed by atoms with van der Waals surface area (Å²) in [5.74, 6) is 0.458. The van der Waals surface area contributed by atoms with E-state index in [9.17, 15) is 5.11 Å². The molecule has 0 heterocycles. The Morgan fingerprint density at radius 2 is 2.15 bits per heavy atom. The summed E-state index contributed by atoms with van der Waals surface area (Å²) in [5, 5.41) is 9.86. The van der Waals surface area contributed by atoms with E-state index in [-0.39, 0.29) is 6.10 Å². The number of nitrogens with two attached hydrogens (primary N) is 1. The van der Waals surface area contributed by atoms with Gasteiger partial charge in [-0.3, -0.25) is 0 Å². The van der Waals surface area contributed by atoms with E-state index in [2.05, 4.69) is 15.9 Å².